The standard InChI is InChI=1S/C8H7N3O2S.C2H6/c9-8-7-5(4-12)2-1-3-6(7)10-14(13)11-8;1-2/h1-4,10H,(H2,9,11);1-2H3. The van der Waals surface area contributed by atoms with Crippen molar-refractivity contribution in [3.05, 3.63) is 29.3 Å². The molecule has 16 heavy (non-hydrogen) atoms. The molecule has 0 aromatic heterocycles. The minimum Gasteiger partial charge on any atom is -0.382 e. The number of carbonyl (C=O) groups excluding carboxylic acids is 1. The number of rotatable bonds is 1. The van der Waals surface area contributed by atoms with Crippen LogP contribution < -0.4 is 10.5 Å². The summed E-state index contributed by atoms with van der Waals surface area (Å²) >= 11 is -1.54. The molecule has 0 saturated heterocycles. The molecule has 86 valence electrons. The zero-order valence-electron chi connectivity index (χ0n) is 9.06. The average Bonchev–Trinajstić information content (AvgIpc) is 2.30. The van der Waals surface area contributed by atoms with Gasteiger partial charge in [-0.05, 0) is 6.07 Å². The van der Waals surface area contributed by atoms with Gasteiger partial charge in [0.2, 0.25) is 11.2 Å². The molecule has 0 aliphatic carbocycles. The average molecular weight is 239 g/mol. The molecule has 1 aromatic rings. The van der Waals surface area contributed by atoms with E-state index in [2.05, 4.69) is 9.12 Å². The molecule has 1 heterocycles. The number of hydrogen-bond donors (Lipinski definition) is 2. The molecule has 1 aliphatic rings. The van der Waals surface area contributed by atoms with Gasteiger partial charge in [-0.25, -0.2) is 4.21 Å². The Labute approximate surface area is 96.5 Å². The predicted molar refractivity (Wildman–Crippen MR) is 65.7 cm³/mol. The van der Waals surface area contributed by atoms with E-state index < -0.39 is 11.2 Å². The Morgan fingerprint density at radius 3 is 2.75 bits per heavy atom. The number of carbonyl (C=O) groups is 1. The summed E-state index contributed by atoms with van der Waals surface area (Å²) < 4.78 is 17.3. The third-order valence-corrected chi connectivity index (χ3v) is 2.62. The zero-order valence-corrected chi connectivity index (χ0v) is 9.88. The van der Waals surface area contributed by atoms with Crippen LogP contribution in [0.2, 0.25) is 0 Å². The number of hydrogen-bond acceptors (Lipinski definition) is 3. The molecule has 5 nitrogen and oxygen atoms in total. The maximum Gasteiger partial charge on any atom is 0.244 e. The fourth-order valence-electron chi connectivity index (χ4n) is 1.29. The van der Waals surface area contributed by atoms with E-state index >= 15 is 0 Å². The van der Waals surface area contributed by atoms with Crippen LogP contribution in [-0.4, -0.2) is 16.3 Å². The predicted octanol–water partition coefficient (Wildman–Crippen LogP) is 1.23. The van der Waals surface area contributed by atoms with E-state index in [0.29, 0.717) is 23.1 Å². The molecule has 0 fully saturated rings. The third-order valence-electron chi connectivity index (χ3n) is 1.86. The Kier molecular flexibility index (Phi) is 4.19. The van der Waals surface area contributed by atoms with Crippen LogP contribution in [0.3, 0.4) is 0 Å². The van der Waals surface area contributed by atoms with Crippen molar-refractivity contribution in [1.82, 2.24) is 0 Å². The van der Waals surface area contributed by atoms with Crippen LogP contribution >= 0.6 is 0 Å². The molecule has 0 spiro atoms. The lowest BCUT2D eigenvalue weighted by Gasteiger charge is -2.15. The lowest BCUT2D eigenvalue weighted by molar-refractivity contribution is 0.112. The molecule has 0 bridgehead atoms. The molecule has 2 rings (SSSR count). The third kappa shape index (κ3) is 2.27. The Bertz CT molecular complexity index is 457. The molecular formula is C10H13N3O2S. The summed E-state index contributed by atoms with van der Waals surface area (Å²) in [4.78, 5) is 10.7. The highest BCUT2D eigenvalue weighted by Gasteiger charge is 2.18. The van der Waals surface area contributed by atoms with Gasteiger partial charge in [0, 0.05) is 5.56 Å². The fraction of sp³-hybridized carbons (Fsp3) is 0.200. The van der Waals surface area contributed by atoms with Crippen LogP contribution in [0.5, 0.6) is 0 Å². The number of benzene rings is 1. The van der Waals surface area contributed by atoms with E-state index in [-0.39, 0.29) is 5.84 Å². The minimum atomic E-state index is -1.54. The van der Waals surface area contributed by atoms with Crippen molar-refractivity contribution in [1.29, 1.82) is 0 Å². The number of nitrogens with one attached hydrogen (secondary N) is 1. The molecule has 1 aromatic carbocycles. The van der Waals surface area contributed by atoms with Gasteiger partial charge in [0.1, 0.15) is 5.84 Å². The first kappa shape index (κ1) is 12.4. The number of nitrogens with zero attached hydrogens (tertiary/aromatic N) is 1. The van der Waals surface area contributed by atoms with E-state index in [1.165, 1.54) is 0 Å². The summed E-state index contributed by atoms with van der Waals surface area (Å²) in [5, 5.41) is 0. The monoisotopic (exact) mass is 239 g/mol. The number of nitrogens with two attached hydrogens (primary N) is 1. The highest BCUT2D eigenvalue weighted by molar-refractivity contribution is 7.85. The quantitative estimate of drug-likeness (QED) is 0.723. The van der Waals surface area contributed by atoms with E-state index in [0.717, 1.165) is 0 Å². The molecule has 0 saturated carbocycles. The summed E-state index contributed by atoms with van der Waals surface area (Å²) in [7, 11) is 0. The smallest absolute Gasteiger partial charge is 0.244 e. The molecule has 3 N–H and O–H groups in total. The van der Waals surface area contributed by atoms with E-state index in [1.807, 2.05) is 13.8 Å². The first-order valence-electron chi connectivity index (χ1n) is 4.83. The van der Waals surface area contributed by atoms with Crippen LogP contribution in [0.1, 0.15) is 29.8 Å². The van der Waals surface area contributed by atoms with Crippen molar-refractivity contribution < 1.29 is 9.00 Å². The fourth-order valence-corrected chi connectivity index (χ4v) is 1.96. The van der Waals surface area contributed by atoms with Crippen molar-refractivity contribution in [2.75, 3.05) is 4.72 Å². The Morgan fingerprint density at radius 2 is 2.12 bits per heavy atom. The summed E-state index contributed by atoms with van der Waals surface area (Å²) in [6.45, 7) is 4.00. The van der Waals surface area contributed by atoms with Gasteiger partial charge in [-0.2, -0.15) is 4.40 Å². The minimum absolute atomic E-state index is 0.125. The molecule has 1 unspecified atom stereocenters. The van der Waals surface area contributed by atoms with Crippen LogP contribution in [-0.2, 0) is 11.2 Å². The van der Waals surface area contributed by atoms with Gasteiger partial charge in [0.25, 0.3) is 0 Å². The molecule has 1 atom stereocenters. The van der Waals surface area contributed by atoms with Crippen LogP contribution in [0.4, 0.5) is 5.69 Å². The van der Waals surface area contributed by atoms with Crippen molar-refractivity contribution in [2.45, 2.75) is 13.8 Å². The van der Waals surface area contributed by atoms with Gasteiger partial charge in [-0.3, -0.25) is 9.52 Å². The first-order valence-corrected chi connectivity index (χ1v) is 5.94. The molecule has 6 heteroatoms. The Balaban J connectivity index is 0.000000606. The number of aldehydes is 1. The largest absolute Gasteiger partial charge is 0.382 e. The highest BCUT2D eigenvalue weighted by atomic mass is 32.2. The van der Waals surface area contributed by atoms with E-state index in [4.69, 9.17) is 5.73 Å². The second-order valence-electron chi connectivity index (χ2n) is 2.72. The van der Waals surface area contributed by atoms with Crippen LogP contribution in [0.25, 0.3) is 0 Å². The lowest BCUT2D eigenvalue weighted by atomic mass is 10.1. The maximum atomic E-state index is 11.1. The Hall–Kier alpha value is -1.69. The summed E-state index contributed by atoms with van der Waals surface area (Å²) in [6.07, 6.45) is 0.692. The van der Waals surface area contributed by atoms with Crippen molar-refractivity contribution >= 4 is 29.0 Å². The number of anilines is 1. The molecule has 0 amide bonds. The summed E-state index contributed by atoms with van der Waals surface area (Å²) in [5.41, 5.74) is 7.09. The number of amidine groups is 1. The van der Waals surface area contributed by atoms with Crippen LogP contribution in [0.15, 0.2) is 22.6 Å². The van der Waals surface area contributed by atoms with Gasteiger partial charge < -0.3 is 5.73 Å². The Morgan fingerprint density at radius 1 is 1.44 bits per heavy atom. The lowest BCUT2D eigenvalue weighted by Crippen LogP contribution is -2.24. The zero-order chi connectivity index (χ0) is 12.1. The van der Waals surface area contributed by atoms with Gasteiger partial charge in [-0.15, -0.1) is 0 Å². The summed E-state index contributed by atoms with van der Waals surface area (Å²) in [6, 6.07) is 5.01. The first-order chi connectivity index (χ1) is 7.72. The second-order valence-corrected chi connectivity index (χ2v) is 3.60. The molecule has 1 aliphatic heterocycles. The molecule has 0 radical (unpaired) electrons. The molecular weight excluding hydrogens is 226 g/mol. The van der Waals surface area contributed by atoms with Gasteiger partial charge in [-0.1, -0.05) is 26.0 Å². The maximum absolute atomic E-state index is 11.1. The second kappa shape index (κ2) is 5.41. The topological polar surface area (TPSA) is 84.5 Å². The van der Waals surface area contributed by atoms with Gasteiger partial charge in [0.15, 0.2) is 6.29 Å². The van der Waals surface area contributed by atoms with Crippen molar-refractivity contribution in [2.24, 2.45) is 10.1 Å². The van der Waals surface area contributed by atoms with E-state index in [9.17, 15) is 9.00 Å². The van der Waals surface area contributed by atoms with Gasteiger partial charge in [0.05, 0.1) is 11.3 Å². The number of fused-ring (bicyclic) bond motifs is 1. The van der Waals surface area contributed by atoms with Crippen molar-refractivity contribution in [3.8, 4) is 0 Å². The van der Waals surface area contributed by atoms with Crippen LogP contribution in [0, 0.1) is 0 Å². The normalized spacial score (nSPS) is 17.1. The summed E-state index contributed by atoms with van der Waals surface area (Å²) in [5.74, 6) is 0.125. The van der Waals surface area contributed by atoms with E-state index in [1.54, 1.807) is 18.2 Å². The van der Waals surface area contributed by atoms with Gasteiger partial charge >= 0.3 is 0 Å². The SMILES string of the molecule is CC.NC1=NS(=O)Nc2cccc(C=O)c21. The highest BCUT2D eigenvalue weighted by Crippen LogP contribution is 2.22. The van der Waals surface area contributed by atoms with Crippen molar-refractivity contribution in [3.63, 3.8) is 0 Å².